The van der Waals surface area contributed by atoms with Crippen molar-refractivity contribution >= 4 is 28.4 Å². The maximum Gasteiger partial charge on any atom is 0.416 e. The van der Waals surface area contributed by atoms with Crippen LogP contribution in [0.5, 0.6) is 0 Å². The van der Waals surface area contributed by atoms with Gasteiger partial charge >= 0.3 is 6.18 Å². The van der Waals surface area contributed by atoms with Crippen LogP contribution in [0.2, 0.25) is 0 Å². The number of anilines is 1. The van der Waals surface area contributed by atoms with Gasteiger partial charge in [0.2, 0.25) is 0 Å². The van der Waals surface area contributed by atoms with Gasteiger partial charge in [-0.05, 0) is 34.2 Å². The van der Waals surface area contributed by atoms with Crippen LogP contribution in [0.1, 0.15) is 11.1 Å². The summed E-state index contributed by atoms with van der Waals surface area (Å²) in [5, 5.41) is 2.88. The number of alkyl halides is 3. The molecule has 0 radical (unpaired) electrons. The Hall–Kier alpha value is -1.38. The van der Waals surface area contributed by atoms with Crippen LogP contribution in [0.15, 0.2) is 36.8 Å². The zero-order valence-electron chi connectivity index (χ0n) is 9.58. The van der Waals surface area contributed by atoms with Crippen molar-refractivity contribution in [2.24, 2.45) is 0 Å². The van der Waals surface area contributed by atoms with Crippen LogP contribution in [-0.4, -0.2) is 9.97 Å². The van der Waals surface area contributed by atoms with Gasteiger partial charge in [-0.15, -0.1) is 0 Å². The summed E-state index contributed by atoms with van der Waals surface area (Å²) in [6.45, 7) is 0.0582. The Morgan fingerprint density at radius 1 is 1.21 bits per heavy atom. The van der Waals surface area contributed by atoms with E-state index in [2.05, 4.69) is 15.3 Å². The summed E-state index contributed by atoms with van der Waals surface area (Å²) in [7, 11) is 0. The Morgan fingerprint density at radius 2 is 1.95 bits per heavy atom. The summed E-state index contributed by atoms with van der Waals surface area (Å²) < 4.78 is 39.1. The molecule has 0 unspecified atom stereocenters. The van der Waals surface area contributed by atoms with E-state index < -0.39 is 11.7 Å². The molecule has 0 saturated carbocycles. The minimum absolute atomic E-state index is 0.0582. The van der Waals surface area contributed by atoms with E-state index in [1.54, 1.807) is 12.3 Å². The maximum atomic E-state index is 12.8. The largest absolute Gasteiger partial charge is 0.416 e. The number of rotatable bonds is 3. The number of benzene rings is 1. The summed E-state index contributed by atoms with van der Waals surface area (Å²) in [4.78, 5) is 7.79. The number of hydrogen-bond acceptors (Lipinski definition) is 3. The van der Waals surface area contributed by atoms with E-state index in [0.29, 0.717) is 5.82 Å². The first-order valence-electron chi connectivity index (χ1n) is 5.33. The predicted octanol–water partition coefficient (Wildman–Crippen LogP) is 3.71. The average molecular weight is 379 g/mol. The molecule has 0 aliphatic rings. The number of nitrogens with zero attached hydrogens (tertiary/aromatic N) is 2. The van der Waals surface area contributed by atoms with E-state index >= 15 is 0 Å². The molecule has 0 fully saturated rings. The molecular weight excluding hydrogens is 370 g/mol. The molecule has 3 nitrogen and oxygen atoms in total. The van der Waals surface area contributed by atoms with Gasteiger partial charge < -0.3 is 5.32 Å². The van der Waals surface area contributed by atoms with Crippen molar-refractivity contribution in [3.63, 3.8) is 0 Å². The van der Waals surface area contributed by atoms with Crippen molar-refractivity contribution < 1.29 is 13.2 Å². The fraction of sp³-hybridized carbons (Fsp3) is 0.167. The van der Waals surface area contributed by atoms with E-state index in [9.17, 15) is 13.2 Å². The quantitative estimate of drug-likeness (QED) is 0.827. The lowest BCUT2D eigenvalue weighted by molar-refractivity contribution is -0.138. The van der Waals surface area contributed by atoms with Gasteiger partial charge in [-0.25, -0.2) is 9.97 Å². The molecule has 1 aromatic heterocycles. The van der Waals surface area contributed by atoms with Crippen LogP contribution in [-0.2, 0) is 12.7 Å². The van der Waals surface area contributed by atoms with Gasteiger partial charge in [0.1, 0.15) is 12.1 Å². The Kier molecular flexibility index (Phi) is 4.23. The van der Waals surface area contributed by atoms with E-state index in [0.717, 1.165) is 9.64 Å². The van der Waals surface area contributed by atoms with Crippen LogP contribution in [0.25, 0.3) is 0 Å². The van der Waals surface area contributed by atoms with Crippen LogP contribution >= 0.6 is 22.6 Å². The molecule has 0 aliphatic carbocycles. The number of nitrogens with one attached hydrogen (secondary N) is 1. The van der Waals surface area contributed by atoms with Gasteiger partial charge in [0.15, 0.2) is 0 Å². The second-order valence-electron chi connectivity index (χ2n) is 3.73. The second-order valence-corrected chi connectivity index (χ2v) is 4.89. The summed E-state index contributed by atoms with van der Waals surface area (Å²) in [6, 6.07) is 5.48. The average Bonchev–Trinajstić information content (AvgIpc) is 2.37. The summed E-state index contributed by atoms with van der Waals surface area (Å²) in [5.74, 6) is 0.521. The third kappa shape index (κ3) is 3.55. The monoisotopic (exact) mass is 379 g/mol. The van der Waals surface area contributed by atoms with Crippen molar-refractivity contribution in [1.29, 1.82) is 0 Å². The molecule has 1 heterocycles. The molecule has 2 aromatic rings. The topological polar surface area (TPSA) is 37.8 Å². The second kappa shape index (κ2) is 5.72. The lowest BCUT2D eigenvalue weighted by Gasteiger charge is -2.13. The summed E-state index contributed by atoms with van der Waals surface area (Å²) in [5.41, 5.74) is -0.448. The molecule has 0 amide bonds. The van der Waals surface area contributed by atoms with Gasteiger partial charge in [0, 0.05) is 12.7 Å². The number of aromatic nitrogens is 2. The highest BCUT2D eigenvalue weighted by Gasteiger charge is 2.32. The molecule has 19 heavy (non-hydrogen) atoms. The molecular formula is C12H9F3IN3. The lowest BCUT2D eigenvalue weighted by Crippen LogP contribution is -2.12. The zero-order valence-corrected chi connectivity index (χ0v) is 11.7. The molecule has 0 atom stereocenters. The Morgan fingerprint density at radius 3 is 2.63 bits per heavy atom. The van der Waals surface area contributed by atoms with Gasteiger partial charge in [0.05, 0.1) is 9.13 Å². The minimum Gasteiger partial charge on any atom is -0.365 e. The van der Waals surface area contributed by atoms with Crippen molar-refractivity contribution in [3.8, 4) is 0 Å². The van der Waals surface area contributed by atoms with Crippen molar-refractivity contribution in [2.75, 3.05) is 5.32 Å². The van der Waals surface area contributed by atoms with Gasteiger partial charge in [-0.2, -0.15) is 13.2 Å². The van der Waals surface area contributed by atoms with Crippen LogP contribution in [0.4, 0.5) is 19.0 Å². The highest BCUT2D eigenvalue weighted by molar-refractivity contribution is 14.1. The van der Waals surface area contributed by atoms with E-state index in [1.165, 1.54) is 18.5 Å². The van der Waals surface area contributed by atoms with Crippen molar-refractivity contribution in [2.45, 2.75) is 12.7 Å². The first-order valence-corrected chi connectivity index (χ1v) is 6.41. The zero-order chi connectivity index (χ0) is 13.9. The molecule has 1 aromatic carbocycles. The number of halogens is 4. The molecule has 0 aliphatic heterocycles. The SMILES string of the molecule is FC(F)(F)c1ccccc1CNc1ncncc1I. The smallest absolute Gasteiger partial charge is 0.365 e. The van der Waals surface area contributed by atoms with E-state index in [4.69, 9.17) is 0 Å². The third-order valence-electron chi connectivity index (χ3n) is 2.44. The third-order valence-corrected chi connectivity index (χ3v) is 3.23. The predicted molar refractivity (Wildman–Crippen MR) is 73.5 cm³/mol. The molecule has 2 rings (SSSR count). The Bertz CT molecular complexity index is 572. The molecule has 7 heteroatoms. The Balaban J connectivity index is 2.19. The fourth-order valence-electron chi connectivity index (χ4n) is 1.57. The van der Waals surface area contributed by atoms with E-state index in [-0.39, 0.29) is 12.1 Å². The molecule has 100 valence electrons. The van der Waals surface area contributed by atoms with Crippen LogP contribution in [0, 0.1) is 3.57 Å². The lowest BCUT2D eigenvalue weighted by atomic mass is 10.1. The Labute approximate surface area is 121 Å². The normalized spacial score (nSPS) is 11.4. The first kappa shape index (κ1) is 14.0. The molecule has 0 spiro atoms. The van der Waals surface area contributed by atoms with Crippen LogP contribution < -0.4 is 5.32 Å². The van der Waals surface area contributed by atoms with Gasteiger partial charge in [0.25, 0.3) is 0 Å². The summed E-state index contributed by atoms with van der Waals surface area (Å²) in [6.07, 6.45) is -1.41. The van der Waals surface area contributed by atoms with Gasteiger partial charge in [-0.1, -0.05) is 18.2 Å². The van der Waals surface area contributed by atoms with Crippen molar-refractivity contribution in [1.82, 2.24) is 9.97 Å². The molecule has 0 saturated heterocycles. The minimum atomic E-state index is -4.35. The molecule has 0 bridgehead atoms. The van der Waals surface area contributed by atoms with Crippen molar-refractivity contribution in [3.05, 3.63) is 51.5 Å². The van der Waals surface area contributed by atoms with E-state index in [1.807, 2.05) is 22.6 Å². The van der Waals surface area contributed by atoms with Gasteiger partial charge in [-0.3, -0.25) is 0 Å². The first-order chi connectivity index (χ1) is 8.98. The highest BCUT2D eigenvalue weighted by atomic mass is 127. The highest BCUT2D eigenvalue weighted by Crippen LogP contribution is 2.32. The standard InChI is InChI=1S/C12H9F3IN3/c13-12(14,15)9-4-2-1-3-8(9)5-18-11-10(16)6-17-7-19-11/h1-4,6-7H,5H2,(H,17,18,19). The fourth-order valence-corrected chi connectivity index (χ4v) is 2.06. The van der Waals surface area contributed by atoms with Crippen LogP contribution in [0.3, 0.4) is 0 Å². The number of hydrogen-bond donors (Lipinski definition) is 1. The molecule has 1 N–H and O–H groups in total. The maximum absolute atomic E-state index is 12.8. The summed E-state index contributed by atoms with van der Waals surface area (Å²) >= 11 is 2.02.